The van der Waals surface area contributed by atoms with Crippen molar-refractivity contribution in [2.45, 2.75) is 75.5 Å². The average Bonchev–Trinajstić information content (AvgIpc) is 3.09. The molecule has 2 aliphatic carbocycles. The van der Waals surface area contributed by atoms with Crippen LogP contribution in [0.5, 0.6) is 0 Å². The van der Waals surface area contributed by atoms with Crippen LogP contribution in [0.25, 0.3) is 22.2 Å². The van der Waals surface area contributed by atoms with Crippen molar-refractivity contribution >= 4 is 24.1 Å². The third-order valence-corrected chi connectivity index (χ3v) is 10.9. The maximum absolute atomic E-state index is 2.50. The van der Waals surface area contributed by atoms with Gasteiger partial charge in [-0.2, -0.15) is 0 Å². The van der Waals surface area contributed by atoms with Crippen LogP contribution in [0.2, 0.25) is 0 Å². The fourth-order valence-electron chi connectivity index (χ4n) is 5.94. The molecule has 0 radical (unpaired) electrons. The summed E-state index contributed by atoms with van der Waals surface area (Å²) >= 11 is 0. The van der Waals surface area contributed by atoms with E-state index in [4.69, 9.17) is 0 Å². The Balaban J connectivity index is 1.73. The lowest BCUT2D eigenvalue weighted by atomic mass is 9.99. The first kappa shape index (κ1) is 19.4. The third kappa shape index (κ3) is 3.68. The van der Waals surface area contributed by atoms with E-state index < -0.39 is 0 Å². The Kier molecular flexibility index (Phi) is 5.78. The molecule has 152 valence electrons. The molecule has 2 aromatic carbocycles. The summed E-state index contributed by atoms with van der Waals surface area (Å²) in [5.74, 6) is 0. The minimum absolute atomic E-state index is 0.136. The first-order valence-electron chi connectivity index (χ1n) is 11.8. The highest BCUT2D eigenvalue weighted by Gasteiger charge is 2.36. The van der Waals surface area contributed by atoms with Gasteiger partial charge >= 0.3 is 0 Å². The summed E-state index contributed by atoms with van der Waals surface area (Å²) in [7, 11) is 2.16. The molecule has 2 heteroatoms. The molecule has 0 amide bonds. The largest absolute Gasteiger partial charge is 0.343 e. The minimum Gasteiger partial charge on any atom is -0.343 e. The molecule has 1 aromatic heterocycles. The topological polar surface area (TPSA) is 4.93 Å². The first-order valence-corrected chi connectivity index (χ1v) is 13.2. The van der Waals surface area contributed by atoms with Gasteiger partial charge < -0.3 is 4.57 Å². The number of hydrogen-bond acceptors (Lipinski definition) is 0. The van der Waals surface area contributed by atoms with Crippen molar-refractivity contribution in [3.63, 3.8) is 0 Å². The van der Waals surface area contributed by atoms with Gasteiger partial charge in [-0.05, 0) is 48.6 Å². The monoisotopic (exact) mass is 403 g/mol. The second kappa shape index (κ2) is 8.65. The van der Waals surface area contributed by atoms with Gasteiger partial charge in [-0.3, -0.25) is 0 Å². The van der Waals surface area contributed by atoms with Crippen molar-refractivity contribution in [3.8, 4) is 11.3 Å². The van der Waals surface area contributed by atoms with Crippen LogP contribution in [0.4, 0.5) is 0 Å². The molecule has 0 spiro atoms. The molecule has 1 nitrogen and oxygen atoms in total. The van der Waals surface area contributed by atoms with E-state index in [1.165, 1.54) is 86.4 Å². The molecule has 0 atom stereocenters. The van der Waals surface area contributed by atoms with Gasteiger partial charge in [0.25, 0.3) is 0 Å². The molecule has 2 aliphatic rings. The lowest BCUT2D eigenvalue weighted by molar-refractivity contribution is 0.487. The molecular formula is C27H34NP. The Morgan fingerprint density at radius 1 is 0.690 bits per heavy atom. The lowest BCUT2D eigenvalue weighted by Gasteiger charge is -2.39. The normalized spacial score (nSPS) is 19.2. The van der Waals surface area contributed by atoms with E-state index in [0.29, 0.717) is 0 Å². The van der Waals surface area contributed by atoms with E-state index >= 15 is 0 Å². The van der Waals surface area contributed by atoms with Crippen molar-refractivity contribution in [3.05, 3.63) is 54.6 Å². The van der Waals surface area contributed by atoms with Crippen LogP contribution in [0.3, 0.4) is 0 Å². The van der Waals surface area contributed by atoms with Gasteiger partial charge in [0, 0.05) is 23.3 Å². The SMILES string of the molecule is Cn1c(-c2ccccc2)c(P(C2CCCCC2)C2CCCCC2)c2ccccc21. The number of para-hydroxylation sites is 1. The van der Waals surface area contributed by atoms with Crippen LogP contribution in [-0.4, -0.2) is 15.9 Å². The fourth-order valence-corrected chi connectivity index (χ4v) is 10.1. The Bertz CT molecular complexity index is 927. The number of aromatic nitrogens is 1. The van der Waals surface area contributed by atoms with Crippen LogP contribution >= 0.6 is 7.92 Å². The van der Waals surface area contributed by atoms with Crippen molar-refractivity contribution in [1.29, 1.82) is 0 Å². The second-order valence-corrected chi connectivity index (χ2v) is 11.9. The van der Waals surface area contributed by atoms with Gasteiger partial charge in [0.15, 0.2) is 0 Å². The quantitative estimate of drug-likeness (QED) is 0.395. The molecule has 3 aromatic rings. The van der Waals surface area contributed by atoms with E-state index in [-0.39, 0.29) is 7.92 Å². The molecule has 0 unspecified atom stereocenters. The molecule has 0 saturated heterocycles. The first-order chi connectivity index (χ1) is 14.3. The third-order valence-electron chi connectivity index (χ3n) is 7.32. The van der Waals surface area contributed by atoms with Gasteiger partial charge in [-0.15, -0.1) is 0 Å². The summed E-state index contributed by atoms with van der Waals surface area (Å²) in [5.41, 5.74) is 6.18. The van der Waals surface area contributed by atoms with Gasteiger partial charge in [-0.1, -0.05) is 95.0 Å². The number of aryl methyl sites for hydroxylation is 1. The standard InChI is InChI=1S/C27H34NP/c1-28-25-20-12-11-19-24(25)27(26(28)21-13-5-2-6-14-21)29(22-15-7-3-8-16-22)23-17-9-4-10-18-23/h2,5-6,11-14,19-20,22-23H,3-4,7-10,15-18H2,1H3. The van der Waals surface area contributed by atoms with Gasteiger partial charge in [-0.25, -0.2) is 0 Å². The molecule has 0 aliphatic heterocycles. The van der Waals surface area contributed by atoms with Crippen LogP contribution in [0.15, 0.2) is 54.6 Å². The maximum atomic E-state index is 2.50. The lowest BCUT2D eigenvalue weighted by Crippen LogP contribution is -2.27. The molecule has 29 heavy (non-hydrogen) atoms. The second-order valence-electron chi connectivity index (χ2n) is 9.13. The highest BCUT2D eigenvalue weighted by atomic mass is 31.1. The Hall–Kier alpha value is -1.59. The van der Waals surface area contributed by atoms with Crippen LogP contribution in [0, 0.1) is 0 Å². The van der Waals surface area contributed by atoms with Crippen LogP contribution < -0.4 is 5.30 Å². The van der Waals surface area contributed by atoms with E-state index in [1.807, 2.05) is 0 Å². The fraction of sp³-hybridized carbons (Fsp3) is 0.481. The molecule has 2 saturated carbocycles. The minimum atomic E-state index is -0.136. The molecule has 0 N–H and O–H groups in total. The number of fused-ring (bicyclic) bond motifs is 1. The van der Waals surface area contributed by atoms with E-state index in [1.54, 1.807) is 5.30 Å². The van der Waals surface area contributed by atoms with Crippen molar-refractivity contribution in [2.24, 2.45) is 7.05 Å². The summed E-state index contributed by atoms with van der Waals surface area (Å²) in [5, 5.41) is 3.28. The van der Waals surface area contributed by atoms with Gasteiger partial charge in [0.1, 0.15) is 0 Å². The molecule has 1 heterocycles. The Morgan fingerprint density at radius 2 is 1.24 bits per heavy atom. The van der Waals surface area contributed by atoms with E-state index in [2.05, 4.69) is 66.2 Å². The molecular weight excluding hydrogens is 369 g/mol. The summed E-state index contributed by atoms with van der Waals surface area (Å²) in [6.07, 6.45) is 14.5. The smallest absolute Gasteiger partial charge is 0.0566 e. The Labute approximate surface area is 177 Å². The predicted molar refractivity (Wildman–Crippen MR) is 129 cm³/mol. The summed E-state index contributed by atoms with van der Waals surface area (Å²) < 4.78 is 2.50. The number of benzene rings is 2. The van der Waals surface area contributed by atoms with Crippen molar-refractivity contribution < 1.29 is 0 Å². The average molecular weight is 404 g/mol. The van der Waals surface area contributed by atoms with E-state index in [9.17, 15) is 0 Å². The zero-order valence-corrected chi connectivity index (χ0v) is 18.7. The molecule has 0 bridgehead atoms. The summed E-state index contributed by atoms with van der Waals surface area (Å²) in [4.78, 5) is 0. The number of hydrogen-bond donors (Lipinski definition) is 0. The van der Waals surface area contributed by atoms with Crippen molar-refractivity contribution in [1.82, 2.24) is 4.57 Å². The van der Waals surface area contributed by atoms with Gasteiger partial charge in [0.2, 0.25) is 0 Å². The van der Waals surface area contributed by atoms with Crippen LogP contribution in [0.1, 0.15) is 64.2 Å². The Morgan fingerprint density at radius 3 is 1.86 bits per heavy atom. The summed E-state index contributed by atoms with van der Waals surface area (Å²) in [6, 6.07) is 20.4. The number of nitrogens with zero attached hydrogens (tertiary/aromatic N) is 1. The van der Waals surface area contributed by atoms with Crippen molar-refractivity contribution in [2.75, 3.05) is 0 Å². The number of rotatable bonds is 4. The summed E-state index contributed by atoms with van der Waals surface area (Å²) in [6.45, 7) is 0. The van der Waals surface area contributed by atoms with E-state index in [0.717, 1.165) is 11.3 Å². The van der Waals surface area contributed by atoms with Gasteiger partial charge in [0.05, 0.1) is 5.69 Å². The molecule has 5 rings (SSSR count). The zero-order valence-electron chi connectivity index (χ0n) is 17.8. The predicted octanol–water partition coefficient (Wildman–Crippen LogP) is 7.62. The maximum Gasteiger partial charge on any atom is 0.0566 e. The highest BCUT2D eigenvalue weighted by molar-refractivity contribution is 7.67. The molecule has 2 fully saturated rings. The highest BCUT2D eigenvalue weighted by Crippen LogP contribution is 2.57. The van der Waals surface area contributed by atoms with Crippen LogP contribution in [-0.2, 0) is 7.05 Å². The zero-order chi connectivity index (χ0) is 19.6.